The molecule has 11 heteroatoms. The van der Waals surface area contributed by atoms with Gasteiger partial charge in [-0.15, -0.1) is 11.3 Å². The van der Waals surface area contributed by atoms with Gasteiger partial charge in [0.25, 0.3) is 0 Å². The van der Waals surface area contributed by atoms with Crippen LogP contribution >= 0.6 is 11.3 Å². The number of hydrogen-bond acceptors (Lipinski definition) is 8. The molecule has 1 aromatic heterocycles. The maximum atomic E-state index is 13.1. The fraction of sp³-hybridized carbons (Fsp3) is 0.407. The fourth-order valence-corrected chi connectivity index (χ4v) is 7.14. The summed E-state index contributed by atoms with van der Waals surface area (Å²) in [6.45, 7) is 1.30. The smallest absolute Gasteiger partial charge is 0.245 e. The Bertz CT molecular complexity index is 1430. The third kappa shape index (κ3) is 6.83. The second-order valence-electron chi connectivity index (χ2n) is 9.37. The van der Waals surface area contributed by atoms with Crippen molar-refractivity contribution in [1.82, 2.24) is 15.6 Å². The molecule has 202 valence electrons. The molecule has 38 heavy (non-hydrogen) atoms. The highest BCUT2D eigenvalue weighted by molar-refractivity contribution is 7.92. The first-order chi connectivity index (χ1) is 18.2. The first-order valence-corrected chi connectivity index (χ1v) is 15.2. The average molecular weight is 558 g/mol. The van der Waals surface area contributed by atoms with Gasteiger partial charge in [-0.05, 0) is 48.9 Å². The second kappa shape index (κ2) is 12.1. The van der Waals surface area contributed by atoms with Gasteiger partial charge in [0.15, 0.2) is 20.9 Å². The molecule has 1 heterocycles. The zero-order valence-electron chi connectivity index (χ0n) is 21.1. The van der Waals surface area contributed by atoms with E-state index in [0.717, 1.165) is 41.7 Å². The molecular formula is C27H31N3O6S2. The number of fused-ring (bicyclic) bond motifs is 1. The van der Waals surface area contributed by atoms with Crippen molar-refractivity contribution < 1.29 is 27.9 Å². The van der Waals surface area contributed by atoms with E-state index in [1.807, 2.05) is 31.2 Å². The summed E-state index contributed by atoms with van der Waals surface area (Å²) in [4.78, 5) is 41.7. The number of aliphatic hydroxyl groups excluding tert-OH is 1. The van der Waals surface area contributed by atoms with Gasteiger partial charge in [0.1, 0.15) is 5.01 Å². The number of nitrogens with one attached hydrogen (secondary N) is 2. The molecule has 0 spiro atoms. The summed E-state index contributed by atoms with van der Waals surface area (Å²) in [6.07, 6.45) is 3.06. The summed E-state index contributed by atoms with van der Waals surface area (Å²) in [5.41, 5.74) is 2.96. The van der Waals surface area contributed by atoms with Crippen LogP contribution in [0.15, 0.2) is 42.5 Å². The molecule has 1 saturated carbocycles. The van der Waals surface area contributed by atoms with Gasteiger partial charge in [-0.2, -0.15) is 0 Å². The summed E-state index contributed by atoms with van der Waals surface area (Å²) in [6, 6.07) is 12.9. The lowest BCUT2D eigenvalue weighted by Gasteiger charge is -2.15. The summed E-state index contributed by atoms with van der Waals surface area (Å²) < 4.78 is 27.0. The predicted octanol–water partition coefficient (Wildman–Crippen LogP) is 3.18. The van der Waals surface area contributed by atoms with Gasteiger partial charge in [-0.3, -0.25) is 14.4 Å². The zero-order chi connectivity index (χ0) is 27.3. The summed E-state index contributed by atoms with van der Waals surface area (Å²) in [7, 11) is -4.01. The molecule has 0 bridgehead atoms. The molecule has 9 nitrogen and oxygen atoms in total. The molecule has 2 aromatic carbocycles. The number of aromatic nitrogens is 1. The van der Waals surface area contributed by atoms with Gasteiger partial charge in [0.2, 0.25) is 11.8 Å². The van der Waals surface area contributed by atoms with Crippen molar-refractivity contribution in [3.63, 3.8) is 0 Å². The highest BCUT2D eigenvalue weighted by Gasteiger charge is 2.37. The van der Waals surface area contributed by atoms with E-state index in [1.54, 1.807) is 18.2 Å². The van der Waals surface area contributed by atoms with Gasteiger partial charge in [0.05, 0.1) is 22.5 Å². The van der Waals surface area contributed by atoms with Crippen molar-refractivity contribution in [1.29, 1.82) is 0 Å². The van der Waals surface area contributed by atoms with E-state index >= 15 is 0 Å². The summed E-state index contributed by atoms with van der Waals surface area (Å²) in [5.74, 6) is -1.48. The molecule has 1 aliphatic rings. The molecule has 0 aliphatic heterocycles. The van der Waals surface area contributed by atoms with Crippen LogP contribution in [-0.4, -0.2) is 61.1 Å². The second-order valence-corrected chi connectivity index (χ2v) is 12.6. The Balaban J connectivity index is 1.59. The largest absolute Gasteiger partial charge is 0.396 e. The fourth-order valence-electron chi connectivity index (χ4n) is 4.03. The molecule has 0 saturated heterocycles. The number of amides is 2. The lowest BCUT2D eigenvalue weighted by molar-refractivity contribution is -0.126. The SMILES string of the molecule is CCCC(=O)c1ccc(-c2ccc3nc(C(C(=O)NCC(=O)NC4CC4)S(=O)(=O)CCCO)sc3c2)cc1. The van der Waals surface area contributed by atoms with Crippen molar-refractivity contribution in [3.05, 3.63) is 53.0 Å². The van der Waals surface area contributed by atoms with Crippen LogP contribution in [0.25, 0.3) is 21.3 Å². The van der Waals surface area contributed by atoms with Gasteiger partial charge >= 0.3 is 0 Å². The monoisotopic (exact) mass is 557 g/mol. The van der Waals surface area contributed by atoms with E-state index < -0.39 is 21.0 Å². The maximum Gasteiger partial charge on any atom is 0.245 e. The molecular weight excluding hydrogens is 526 g/mol. The van der Waals surface area contributed by atoms with E-state index in [0.29, 0.717) is 22.2 Å². The van der Waals surface area contributed by atoms with Crippen molar-refractivity contribution in [2.45, 2.75) is 50.3 Å². The normalized spacial score (nSPS) is 14.3. The van der Waals surface area contributed by atoms with E-state index in [4.69, 9.17) is 5.11 Å². The third-order valence-electron chi connectivity index (χ3n) is 6.20. The molecule has 1 fully saturated rings. The van der Waals surface area contributed by atoms with Crippen LogP contribution in [0, 0.1) is 0 Å². The highest BCUT2D eigenvalue weighted by atomic mass is 32.2. The van der Waals surface area contributed by atoms with Crippen molar-refractivity contribution in [2.75, 3.05) is 18.9 Å². The number of Topliss-reactive ketones (excluding diaryl/α,β-unsaturated/α-hetero) is 1. The molecule has 1 unspecified atom stereocenters. The number of sulfone groups is 1. The van der Waals surface area contributed by atoms with E-state index in [9.17, 15) is 22.8 Å². The van der Waals surface area contributed by atoms with Crippen LogP contribution in [0.4, 0.5) is 0 Å². The van der Waals surface area contributed by atoms with E-state index in [-0.39, 0.29) is 48.1 Å². The van der Waals surface area contributed by atoms with Crippen LogP contribution in [0.2, 0.25) is 0 Å². The minimum absolute atomic E-state index is 0.0138. The molecule has 1 atom stereocenters. The van der Waals surface area contributed by atoms with Crippen LogP contribution < -0.4 is 10.6 Å². The quantitative estimate of drug-likeness (QED) is 0.274. The first kappa shape index (κ1) is 27.9. The van der Waals surface area contributed by atoms with Crippen LogP contribution in [0.5, 0.6) is 0 Å². The standard InChI is InChI=1S/C27H31N3O6S2/c1-2-4-22(32)18-7-5-17(6-8-18)19-9-12-21-23(15-19)37-27(30-21)25(38(35,36)14-3-13-31)26(34)28-16-24(33)29-20-10-11-20/h5-9,12,15,20,25,31H,2-4,10-11,13-14,16H2,1H3,(H,28,34)(H,29,33). The van der Waals surface area contributed by atoms with Crippen LogP contribution in [0.3, 0.4) is 0 Å². The van der Waals surface area contributed by atoms with Gasteiger partial charge in [-0.1, -0.05) is 37.3 Å². The van der Waals surface area contributed by atoms with Crippen LogP contribution in [0.1, 0.15) is 59.6 Å². The molecule has 0 radical (unpaired) electrons. The lowest BCUT2D eigenvalue weighted by Crippen LogP contribution is -2.41. The van der Waals surface area contributed by atoms with Crippen LogP contribution in [-0.2, 0) is 19.4 Å². The Hall–Kier alpha value is -3.15. The Morgan fingerprint density at radius 3 is 2.47 bits per heavy atom. The van der Waals surface area contributed by atoms with Crippen molar-refractivity contribution in [2.24, 2.45) is 0 Å². The van der Waals surface area contributed by atoms with Gasteiger partial charge in [0, 0.05) is 24.6 Å². The number of aliphatic hydroxyl groups is 1. The summed E-state index contributed by atoms with van der Waals surface area (Å²) in [5, 5.41) is 12.9. The Morgan fingerprint density at radius 2 is 1.82 bits per heavy atom. The summed E-state index contributed by atoms with van der Waals surface area (Å²) >= 11 is 1.10. The molecule has 3 N–H and O–H groups in total. The minimum Gasteiger partial charge on any atom is -0.396 e. The van der Waals surface area contributed by atoms with E-state index in [1.165, 1.54) is 0 Å². The van der Waals surface area contributed by atoms with Crippen molar-refractivity contribution >= 4 is 49.0 Å². The van der Waals surface area contributed by atoms with Gasteiger partial charge < -0.3 is 15.7 Å². The lowest BCUT2D eigenvalue weighted by atomic mass is 10.0. The zero-order valence-corrected chi connectivity index (χ0v) is 22.7. The molecule has 1 aliphatic carbocycles. The number of nitrogens with zero attached hydrogens (tertiary/aromatic N) is 1. The highest BCUT2D eigenvalue weighted by Crippen LogP contribution is 2.34. The average Bonchev–Trinajstić information content (AvgIpc) is 3.61. The Labute approximate surface area is 225 Å². The number of benzene rings is 2. The number of carbonyl (C=O) groups excluding carboxylic acids is 3. The molecule has 4 rings (SSSR count). The van der Waals surface area contributed by atoms with Gasteiger partial charge in [-0.25, -0.2) is 13.4 Å². The number of rotatable bonds is 13. The first-order valence-electron chi connectivity index (χ1n) is 12.7. The predicted molar refractivity (Wildman–Crippen MR) is 147 cm³/mol. The molecule has 2 amide bonds. The molecule has 3 aromatic rings. The number of ketones is 1. The van der Waals surface area contributed by atoms with E-state index in [2.05, 4.69) is 15.6 Å². The number of thiazole rings is 1. The number of carbonyl (C=O) groups is 3. The minimum atomic E-state index is -4.01. The number of hydrogen-bond donors (Lipinski definition) is 3. The Kier molecular flexibility index (Phi) is 8.91. The Morgan fingerprint density at radius 1 is 1.11 bits per heavy atom. The van der Waals surface area contributed by atoms with Crippen molar-refractivity contribution in [3.8, 4) is 11.1 Å². The third-order valence-corrected chi connectivity index (χ3v) is 9.44. The maximum absolute atomic E-state index is 13.1. The topological polar surface area (TPSA) is 143 Å².